The molecule has 1 aromatic carbocycles. The predicted molar refractivity (Wildman–Crippen MR) is 132 cm³/mol. The van der Waals surface area contributed by atoms with Gasteiger partial charge in [0.05, 0.1) is 25.1 Å². The number of benzene rings is 1. The van der Waals surface area contributed by atoms with Gasteiger partial charge in [-0.25, -0.2) is 9.78 Å². The summed E-state index contributed by atoms with van der Waals surface area (Å²) in [6.07, 6.45) is 4.46. The molecule has 34 heavy (non-hydrogen) atoms. The molecule has 0 N–H and O–H groups in total. The summed E-state index contributed by atoms with van der Waals surface area (Å²) in [6.45, 7) is 5.65. The normalized spacial score (nSPS) is 16.8. The fraction of sp³-hybridized carbons (Fsp3) is 0.400. The van der Waals surface area contributed by atoms with Gasteiger partial charge in [0.25, 0.3) is 0 Å². The van der Waals surface area contributed by atoms with E-state index in [1.54, 1.807) is 17.4 Å². The zero-order valence-corrected chi connectivity index (χ0v) is 20.4. The summed E-state index contributed by atoms with van der Waals surface area (Å²) in [7, 11) is 0. The van der Waals surface area contributed by atoms with Crippen LogP contribution in [0.25, 0.3) is 21.2 Å². The molecule has 176 valence electrons. The van der Waals surface area contributed by atoms with E-state index in [4.69, 9.17) is 35.5 Å². The van der Waals surface area contributed by atoms with Gasteiger partial charge in [0.15, 0.2) is 0 Å². The van der Waals surface area contributed by atoms with E-state index < -0.39 is 5.63 Å². The second kappa shape index (κ2) is 8.92. The van der Waals surface area contributed by atoms with E-state index in [1.165, 1.54) is 16.9 Å². The number of fused-ring (bicyclic) bond motifs is 4. The fourth-order valence-electron chi connectivity index (χ4n) is 4.76. The third kappa shape index (κ3) is 3.98. The third-order valence-corrected chi connectivity index (χ3v) is 8.20. The number of rotatable bonds is 4. The van der Waals surface area contributed by atoms with E-state index in [-0.39, 0.29) is 5.02 Å². The van der Waals surface area contributed by atoms with Crippen molar-refractivity contribution in [3.05, 3.63) is 55.5 Å². The van der Waals surface area contributed by atoms with Gasteiger partial charge < -0.3 is 13.9 Å². The van der Waals surface area contributed by atoms with Crippen molar-refractivity contribution in [1.29, 1.82) is 0 Å². The lowest BCUT2D eigenvalue weighted by molar-refractivity contribution is 0.0330. The fourth-order valence-corrected chi connectivity index (χ4v) is 6.17. The second-order valence-corrected chi connectivity index (χ2v) is 10.3. The van der Waals surface area contributed by atoms with Crippen LogP contribution in [-0.4, -0.2) is 41.2 Å². The van der Waals surface area contributed by atoms with E-state index in [0.717, 1.165) is 67.0 Å². The monoisotopic (exact) mass is 497 g/mol. The van der Waals surface area contributed by atoms with Crippen LogP contribution in [0.2, 0.25) is 5.02 Å². The van der Waals surface area contributed by atoms with Crippen LogP contribution < -0.4 is 10.4 Å². The maximum Gasteiger partial charge on any atom is 0.355 e. The lowest BCUT2D eigenvalue weighted by atomic mass is 9.97. The Hall–Kier alpha value is -2.52. The minimum Gasteiger partial charge on any atom is -0.438 e. The van der Waals surface area contributed by atoms with Crippen molar-refractivity contribution in [3.8, 4) is 11.6 Å². The number of hydrogen-bond donors (Lipinski definition) is 0. The first kappa shape index (κ1) is 22.0. The highest BCUT2D eigenvalue weighted by Crippen LogP contribution is 2.41. The van der Waals surface area contributed by atoms with Crippen molar-refractivity contribution in [1.82, 2.24) is 14.9 Å². The van der Waals surface area contributed by atoms with Crippen LogP contribution in [0.4, 0.5) is 0 Å². The summed E-state index contributed by atoms with van der Waals surface area (Å²) in [5.41, 5.74) is 1.90. The molecular formula is C25H24ClN3O4S. The lowest BCUT2D eigenvalue weighted by Crippen LogP contribution is -2.36. The molecule has 0 unspecified atom stereocenters. The molecule has 0 saturated carbocycles. The standard InChI is InChI=1S/C25H24ClN3O4S/c1-14-16-7-6-15(12-18(16)33-25(30)22(14)26)32-23-21-17-4-2-3-5-19(17)34-24(21)28-20(27-23)13-29-8-10-31-11-9-29/h6-7,12H,2-5,8-11,13H2,1H3. The van der Waals surface area contributed by atoms with Crippen molar-refractivity contribution in [2.75, 3.05) is 26.3 Å². The number of aryl methyl sites for hydroxylation is 3. The van der Waals surface area contributed by atoms with Gasteiger partial charge >= 0.3 is 5.63 Å². The van der Waals surface area contributed by atoms with Gasteiger partial charge in [0.1, 0.15) is 27.0 Å². The molecule has 3 aromatic heterocycles. The van der Waals surface area contributed by atoms with Gasteiger partial charge in [-0.05, 0) is 55.9 Å². The van der Waals surface area contributed by atoms with Crippen molar-refractivity contribution < 1.29 is 13.9 Å². The van der Waals surface area contributed by atoms with Crippen LogP contribution in [0.5, 0.6) is 11.6 Å². The number of thiophene rings is 1. The summed E-state index contributed by atoms with van der Waals surface area (Å²) in [5, 5.41) is 1.90. The molecule has 6 rings (SSSR count). The number of ether oxygens (including phenoxy) is 2. The molecule has 1 saturated heterocycles. The van der Waals surface area contributed by atoms with Crippen LogP contribution >= 0.6 is 22.9 Å². The molecule has 7 nitrogen and oxygen atoms in total. The largest absolute Gasteiger partial charge is 0.438 e. The molecule has 0 atom stereocenters. The summed E-state index contributed by atoms with van der Waals surface area (Å²) in [4.78, 5) is 26.6. The Morgan fingerprint density at radius 2 is 2.00 bits per heavy atom. The number of halogens is 1. The van der Waals surface area contributed by atoms with Gasteiger partial charge in [-0.1, -0.05) is 11.6 Å². The first-order chi connectivity index (χ1) is 16.6. The molecule has 1 aliphatic heterocycles. The average Bonchev–Trinajstić information content (AvgIpc) is 3.22. The topological polar surface area (TPSA) is 77.7 Å². The minimum atomic E-state index is -0.548. The molecule has 1 fully saturated rings. The SMILES string of the molecule is Cc1c(Cl)c(=O)oc2cc(Oc3nc(CN4CCOCC4)nc4sc5c(c34)CCCC5)ccc12. The molecule has 0 bridgehead atoms. The minimum absolute atomic E-state index is 0.108. The Morgan fingerprint density at radius 1 is 1.18 bits per heavy atom. The lowest BCUT2D eigenvalue weighted by Gasteiger charge is -2.25. The maximum atomic E-state index is 12.1. The van der Waals surface area contributed by atoms with Crippen LogP contribution in [0, 0.1) is 6.92 Å². The summed E-state index contributed by atoms with van der Waals surface area (Å²) < 4.78 is 17.3. The van der Waals surface area contributed by atoms with E-state index in [1.807, 2.05) is 19.1 Å². The molecule has 4 aromatic rings. The maximum absolute atomic E-state index is 12.1. The molecule has 4 heterocycles. The summed E-state index contributed by atoms with van der Waals surface area (Å²) in [6, 6.07) is 5.46. The smallest absolute Gasteiger partial charge is 0.355 e. The van der Waals surface area contributed by atoms with E-state index in [0.29, 0.717) is 29.3 Å². The second-order valence-electron chi connectivity index (χ2n) is 8.81. The molecule has 0 radical (unpaired) electrons. The summed E-state index contributed by atoms with van der Waals surface area (Å²) >= 11 is 7.84. The van der Waals surface area contributed by atoms with Crippen LogP contribution in [-0.2, 0) is 24.1 Å². The van der Waals surface area contributed by atoms with Crippen molar-refractivity contribution in [2.24, 2.45) is 0 Å². The Bertz CT molecular complexity index is 1460. The highest BCUT2D eigenvalue weighted by Gasteiger charge is 2.23. The predicted octanol–water partition coefficient (Wildman–Crippen LogP) is 5.26. The molecule has 2 aliphatic rings. The first-order valence-electron chi connectivity index (χ1n) is 11.6. The van der Waals surface area contributed by atoms with E-state index in [2.05, 4.69) is 4.90 Å². The molecular weight excluding hydrogens is 474 g/mol. The van der Waals surface area contributed by atoms with Gasteiger partial charge in [-0.3, -0.25) is 4.90 Å². The van der Waals surface area contributed by atoms with Crippen LogP contribution in [0.15, 0.2) is 27.4 Å². The van der Waals surface area contributed by atoms with Gasteiger partial charge in [-0.2, -0.15) is 4.98 Å². The number of aromatic nitrogens is 2. The van der Waals surface area contributed by atoms with Crippen LogP contribution in [0.3, 0.4) is 0 Å². The van der Waals surface area contributed by atoms with Gasteiger partial charge in [0, 0.05) is 29.4 Å². The zero-order chi connectivity index (χ0) is 23.2. The third-order valence-electron chi connectivity index (χ3n) is 6.58. The highest BCUT2D eigenvalue weighted by atomic mass is 35.5. The molecule has 0 spiro atoms. The Balaban J connectivity index is 1.43. The average molecular weight is 498 g/mol. The molecule has 1 aliphatic carbocycles. The number of hydrogen-bond acceptors (Lipinski definition) is 8. The van der Waals surface area contributed by atoms with Gasteiger partial charge in [0.2, 0.25) is 5.88 Å². The number of morpholine rings is 1. The van der Waals surface area contributed by atoms with E-state index >= 15 is 0 Å². The van der Waals surface area contributed by atoms with Crippen molar-refractivity contribution in [2.45, 2.75) is 39.2 Å². The first-order valence-corrected chi connectivity index (χ1v) is 12.8. The zero-order valence-electron chi connectivity index (χ0n) is 18.9. The van der Waals surface area contributed by atoms with E-state index in [9.17, 15) is 4.79 Å². The Kier molecular flexibility index (Phi) is 5.77. The van der Waals surface area contributed by atoms with Crippen molar-refractivity contribution in [3.63, 3.8) is 0 Å². The summed E-state index contributed by atoms with van der Waals surface area (Å²) in [5.74, 6) is 1.88. The highest BCUT2D eigenvalue weighted by molar-refractivity contribution is 7.18. The van der Waals surface area contributed by atoms with Crippen LogP contribution in [0.1, 0.15) is 34.7 Å². The van der Waals surface area contributed by atoms with Crippen molar-refractivity contribution >= 4 is 44.1 Å². The Morgan fingerprint density at radius 3 is 2.85 bits per heavy atom. The Labute approximate surface area is 205 Å². The van der Waals surface area contributed by atoms with Gasteiger partial charge in [-0.15, -0.1) is 11.3 Å². The molecule has 0 amide bonds. The number of nitrogens with zero attached hydrogens (tertiary/aromatic N) is 3. The molecule has 9 heteroatoms. The quantitative estimate of drug-likeness (QED) is 0.356.